The summed E-state index contributed by atoms with van der Waals surface area (Å²) in [6.45, 7) is 8.16. The minimum absolute atomic E-state index is 0.0220. The molecule has 0 aliphatic carbocycles. The third-order valence-corrected chi connectivity index (χ3v) is 1.64. The highest BCUT2D eigenvalue weighted by atomic mass is 16.5. The molecule has 0 aliphatic rings. The van der Waals surface area contributed by atoms with E-state index in [0.717, 1.165) is 11.3 Å². The predicted molar refractivity (Wildman–Crippen MR) is 44.4 cm³/mol. The average Bonchev–Trinajstić information content (AvgIpc) is 2.08. The van der Waals surface area contributed by atoms with Crippen molar-refractivity contribution in [2.45, 2.75) is 33.1 Å². The molecule has 2 N–H and O–H groups in total. The molecule has 1 rings (SSSR count). The van der Waals surface area contributed by atoms with E-state index in [1.165, 1.54) is 0 Å². The summed E-state index contributed by atoms with van der Waals surface area (Å²) >= 11 is 0. The quantitative estimate of drug-likeness (QED) is 0.620. The van der Waals surface area contributed by atoms with Crippen LogP contribution in [0.2, 0.25) is 0 Å². The second-order valence-electron chi connectivity index (χ2n) is 3.76. The van der Waals surface area contributed by atoms with Gasteiger partial charge in [-0.1, -0.05) is 25.9 Å². The Kier molecular flexibility index (Phi) is 1.66. The summed E-state index contributed by atoms with van der Waals surface area (Å²) < 4.78 is 4.85. The molecule has 0 bridgehead atoms. The van der Waals surface area contributed by atoms with Gasteiger partial charge in [0, 0.05) is 5.56 Å². The topological polar surface area (TPSA) is 52.0 Å². The van der Waals surface area contributed by atoms with Gasteiger partial charge in [-0.25, -0.2) is 0 Å². The van der Waals surface area contributed by atoms with Crippen LogP contribution in [0.4, 0.5) is 5.88 Å². The molecule has 0 radical (unpaired) electrons. The van der Waals surface area contributed by atoms with Crippen molar-refractivity contribution in [1.82, 2.24) is 5.16 Å². The van der Waals surface area contributed by atoms with Gasteiger partial charge in [-0.2, -0.15) is 0 Å². The van der Waals surface area contributed by atoms with Crippen LogP contribution in [0.1, 0.15) is 32.0 Å². The summed E-state index contributed by atoms with van der Waals surface area (Å²) in [5.74, 6) is 0.440. The maximum absolute atomic E-state index is 5.60. The summed E-state index contributed by atoms with van der Waals surface area (Å²) in [6, 6.07) is 0. The monoisotopic (exact) mass is 154 g/mol. The molecule has 0 saturated carbocycles. The predicted octanol–water partition coefficient (Wildman–Crippen LogP) is 1.86. The number of anilines is 1. The van der Waals surface area contributed by atoms with E-state index in [9.17, 15) is 0 Å². The summed E-state index contributed by atoms with van der Waals surface area (Å²) in [4.78, 5) is 0. The lowest BCUT2D eigenvalue weighted by atomic mass is 9.87. The standard InChI is InChI=1S/C8H14N2O/c1-5-6(8(2,3)4)7(9)11-10-5/h9H2,1-4H3. The van der Waals surface area contributed by atoms with Crippen molar-refractivity contribution in [3.8, 4) is 0 Å². The maximum atomic E-state index is 5.60. The Balaban J connectivity index is 3.21. The maximum Gasteiger partial charge on any atom is 0.226 e. The van der Waals surface area contributed by atoms with Crippen molar-refractivity contribution in [2.75, 3.05) is 5.73 Å². The van der Waals surface area contributed by atoms with Crippen molar-refractivity contribution < 1.29 is 4.52 Å². The molecule has 0 unspecified atom stereocenters. The molecule has 0 fully saturated rings. The van der Waals surface area contributed by atoms with Gasteiger partial charge in [0.25, 0.3) is 0 Å². The fraction of sp³-hybridized carbons (Fsp3) is 0.625. The van der Waals surface area contributed by atoms with Crippen LogP contribution < -0.4 is 5.73 Å². The number of hydrogen-bond donors (Lipinski definition) is 1. The molecule has 0 aromatic carbocycles. The number of aryl methyl sites for hydroxylation is 1. The van der Waals surface area contributed by atoms with Crippen LogP contribution in [0, 0.1) is 6.92 Å². The molecular weight excluding hydrogens is 140 g/mol. The van der Waals surface area contributed by atoms with E-state index in [2.05, 4.69) is 25.9 Å². The van der Waals surface area contributed by atoms with E-state index >= 15 is 0 Å². The Hall–Kier alpha value is -0.990. The van der Waals surface area contributed by atoms with Gasteiger partial charge < -0.3 is 10.3 Å². The molecule has 62 valence electrons. The minimum atomic E-state index is 0.0220. The summed E-state index contributed by atoms with van der Waals surface area (Å²) in [5, 5.41) is 3.78. The molecule has 11 heavy (non-hydrogen) atoms. The molecule has 0 spiro atoms. The fourth-order valence-corrected chi connectivity index (χ4v) is 1.30. The van der Waals surface area contributed by atoms with Crippen molar-refractivity contribution in [3.63, 3.8) is 0 Å². The van der Waals surface area contributed by atoms with Crippen molar-refractivity contribution in [1.29, 1.82) is 0 Å². The Morgan fingerprint density at radius 1 is 1.36 bits per heavy atom. The highest BCUT2D eigenvalue weighted by Crippen LogP contribution is 2.29. The lowest BCUT2D eigenvalue weighted by Crippen LogP contribution is -2.13. The van der Waals surface area contributed by atoms with Gasteiger partial charge in [0.15, 0.2) is 0 Å². The zero-order chi connectivity index (χ0) is 8.65. The first-order chi connectivity index (χ1) is 4.93. The molecule has 0 aliphatic heterocycles. The van der Waals surface area contributed by atoms with E-state index < -0.39 is 0 Å². The third kappa shape index (κ3) is 1.37. The zero-order valence-corrected chi connectivity index (χ0v) is 7.43. The molecule has 3 heteroatoms. The number of aromatic nitrogens is 1. The number of rotatable bonds is 0. The summed E-state index contributed by atoms with van der Waals surface area (Å²) in [7, 11) is 0. The molecule has 0 amide bonds. The second-order valence-corrected chi connectivity index (χ2v) is 3.76. The summed E-state index contributed by atoms with van der Waals surface area (Å²) in [6.07, 6.45) is 0. The lowest BCUT2D eigenvalue weighted by Gasteiger charge is -2.16. The van der Waals surface area contributed by atoms with Crippen molar-refractivity contribution >= 4 is 5.88 Å². The molecular formula is C8H14N2O. The van der Waals surface area contributed by atoms with Gasteiger partial charge in [-0.15, -0.1) is 0 Å². The van der Waals surface area contributed by atoms with Crippen LogP contribution in [-0.2, 0) is 5.41 Å². The molecule has 0 saturated heterocycles. The van der Waals surface area contributed by atoms with Gasteiger partial charge in [0.2, 0.25) is 5.88 Å². The van der Waals surface area contributed by atoms with Gasteiger partial charge in [0.1, 0.15) is 0 Å². The SMILES string of the molecule is Cc1noc(N)c1C(C)(C)C. The number of nitrogen functional groups attached to an aromatic ring is 1. The van der Waals surface area contributed by atoms with Gasteiger partial charge in [0.05, 0.1) is 5.69 Å². The largest absolute Gasteiger partial charge is 0.367 e. The first-order valence-electron chi connectivity index (χ1n) is 3.65. The van der Waals surface area contributed by atoms with Crippen LogP contribution in [0.3, 0.4) is 0 Å². The number of hydrogen-bond acceptors (Lipinski definition) is 3. The van der Waals surface area contributed by atoms with E-state index in [1.807, 2.05) is 6.92 Å². The fourth-order valence-electron chi connectivity index (χ4n) is 1.30. The number of nitrogens with zero attached hydrogens (tertiary/aromatic N) is 1. The van der Waals surface area contributed by atoms with Crippen LogP contribution in [-0.4, -0.2) is 5.16 Å². The van der Waals surface area contributed by atoms with Crippen molar-refractivity contribution in [3.05, 3.63) is 11.3 Å². The summed E-state index contributed by atoms with van der Waals surface area (Å²) in [5.41, 5.74) is 7.52. The van der Waals surface area contributed by atoms with E-state index in [-0.39, 0.29) is 5.41 Å². The molecule has 3 nitrogen and oxygen atoms in total. The zero-order valence-electron chi connectivity index (χ0n) is 7.43. The van der Waals surface area contributed by atoms with Crippen LogP contribution in [0.5, 0.6) is 0 Å². The van der Waals surface area contributed by atoms with Gasteiger partial charge in [-0.3, -0.25) is 0 Å². The first-order valence-corrected chi connectivity index (χ1v) is 3.65. The van der Waals surface area contributed by atoms with Gasteiger partial charge in [-0.05, 0) is 12.3 Å². The van der Waals surface area contributed by atoms with Crippen molar-refractivity contribution in [2.24, 2.45) is 0 Å². The minimum Gasteiger partial charge on any atom is -0.367 e. The Labute approximate surface area is 66.6 Å². The highest BCUT2D eigenvalue weighted by molar-refractivity contribution is 5.43. The van der Waals surface area contributed by atoms with E-state index in [1.54, 1.807) is 0 Å². The lowest BCUT2D eigenvalue weighted by molar-refractivity contribution is 0.430. The molecule has 1 aromatic rings. The normalized spacial score (nSPS) is 12.0. The molecule has 1 aromatic heterocycles. The second kappa shape index (κ2) is 2.26. The molecule has 1 heterocycles. The van der Waals surface area contributed by atoms with E-state index in [0.29, 0.717) is 5.88 Å². The van der Waals surface area contributed by atoms with Crippen LogP contribution in [0.15, 0.2) is 4.52 Å². The first kappa shape index (κ1) is 8.11. The molecule has 0 atom stereocenters. The van der Waals surface area contributed by atoms with Crippen LogP contribution in [0.25, 0.3) is 0 Å². The third-order valence-electron chi connectivity index (χ3n) is 1.64. The average molecular weight is 154 g/mol. The highest BCUT2D eigenvalue weighted by Gasteiger charge is 2.23. The number of nitrogens with two attached hydrogens (primary N) is 1. The Bertz CT molecular complexity index is 238. The Morgan fingerprint density at radius 3 is 2.09 bits per heavy atom. The van der Waals surface area contributed by atoms with Crippen LogP contribution >= 0.6 is 0 Å². The van der Waals surface area contributed by atoms with Gasteiger partial charge >= 0.3 is 0 Å². The smallest absolute Gasteiger partial charge is 0.226 e. The van der Waals surface area contributed by atoms with E-state index in [4.69, 9.17) is 10.3 Å². The Morgan fingerprint density at radius 2 is 1.91 bits per heavy atom.